The molecule has 26 heavy (non-hydrogen) atoms. The van der Waals surface area contributed by atoms with Gasteiger partial charge in [0.1, 0.15) is 5.75 Å². The highest BCUT2D eigenvalue weighted by Gasteiger charge is 2.54. The number of imide groups is 1. The number of carbonyl (C=O) groups is 2. The molecule has 4 heteroatoms. The van der Waals surface area contributed by atoms with Crippen LogP contribution in [-0.2, 0) is 21.5 Å². The standard InChI is InChI=1S/C22H23NO3/c1-26-18-10-5-9-17(13-18)22-12-6-11-19(22)21(25)23(20(24)14-22)15-16-7-3-2-4-8-16/h2-5,7-10,13,19H,6,11-12,14-15H2,1H3. The van der Waals surface area contributed by atoms with Crippen molar-refractivity contribution in [3.63, 3.8) is 0 Å². The summed E-state index contributed by atoms with van der Waals surface area (Å²) in [6.45, 7) is 0.364. The Morgan fingerprint density at radius 1 is 1.12 bits per heavy atom. The van der Waals surface area contributed by atoms with Crippen molar-refractivity contribution in [2.24, 2.45) is 5.92 Å². The van der Waals surface area contributed by atoms with E-state index in [4.69, 9.17) is 4.74 Å². The molecule has 0 spiro atoms. The number of hydrogen-bond acceptors (Lipinski definition) is 3. The van der Waals surface area contributed by atoms with Crippen LogP contribution in [0.1, 0.15) is 36.8 Å². The third-order valence-corrected chi connectivity index (χ3v) is 5.94. The molecule has 0 radical (unpaired) electrons. The molecule has 134 valence electrons. The quantitative estimate of drug-likeness (QED) is 0.791. The Morgan fingerprint density at radius 3 is 2.69 bits per heavy atom. The molecular formula is C22H23NO3. The van der Waals surface area contributed by atoms with E-state index in [-0.39, 0.29) is 23.1 Å². The van der Waals surface area contributed by atoms with Gasteiger partial charge in [0.25, 0.3) is 0 Å². The summed E-state index contributed by atoms with van der Waals surface area (Å²) >= 11 is 0. The minimum atomic E-state index is -0.379. The predicted molar refractivity (Wildman–Crippen MR) is 98.6 cm³/mol. The zero-order valence-electron chi connectivity index (χ0n) is 15.0. The predicted octanol–water partition coefficient (Wildman–Crippen LogP) is 3.69. The van der Waals surface area contributed by atoms with Crippen LogP contribution < -0.4 is 4.74 Å². The summed E-state index contributed by atoms with van der Waals surface area (Å²) in [4.78, 5) is 27.6. The number of fused-ring (bicyclic) bond motifs is 1. The van der Waals surface area contributed by atoms with Gasteiger partial charge < -0.3 is 4.74 Å². The van der Waals surface area contributed by atoms with E-state index in [1.165, 1.54) is 4.90 Å². The summed E-state index contributed by atoms with van der Waals surface area (Å²) < 4.78 is 5.36. The molecule has 1 aliphatic heterocycles. The molecule has 1 saturated heterocycles. The molecule has 2 unspecified atom stereocenters. The maximum absolute atomic E-state index is 13.2. The first kappa shape index (κ1) is 16.8. The highest BCUT2D eigenvalue weighted by atomic mass is 16.5. The van der Waals surface area contributed by atoms with E-state index < -0.39 is 0 Å². The minimum Gasteiger partial charge on any atom is -0.497 e. The van der Waals surface area contributed by atoms with Gasteiger partial charge in [0, 0.05) is 17.8 Å². The fourth-order valence-electron chi connectivity index (χ4n) is 4.63. The van der Waals surface area contributed by atoms with E-state index in [1.54, 1.807) is 7.11 Å². The fraction of sp³-hybridized carbons (Fsp3) is 0.364. The van der Waals surface area contributed by atoms with E-state index >= 15 is 0 Å². The lowest BCUT2D eigenvalue weighted by atomic mass is 9.67. The summed E-state index contributed by atoms with van der Waals surface area (Å²) in [7, 11) is 1.64. The van der Waals surface area contributed by atoms with Crippen molar-refractivity contribution in [2.75, 3.05) is 7.11 Å². The Balaban J connectivity index is 1.67. The number of benzene rings is 2. The van der Waals surface area contributed by atoms with Gasteiger partial charge in [-0.25, -0.2) is 0 Å². The summed E-state index contributed by atoms with van der Waals surface area (Å²) in [5.41, 5.74) is 1.66. The lowest BCUT2D eigenvalue weighted by Gasteiger charge is -2.42. The van der Waals surface area contributed by atoms with Crippen LogP contribution >= 0.6 is 0 Å². The Morgan fingerprint density at radius 2 is 1.92 bits per heavy atom. The zero-order chi connectivity index (χ0) is 18.1. The van der Waals surface area contributed by atoms with Crippen molar-refractivity contribution in [1.29, 1.82) is 0 Å². The van der Waals surface area contributed by atoms with E-state index in [9.17, 15) is 9.59 Å². The first-order chi connectivity index (χ1) is 12.6. The number of amides is 2. The smallest absolute Gasteiger partial charge is 0.233 e. The molecule has 2 fully saturated rings. The SMILES string of the molecule is COc1cccc(C23CCCC2C(=O)N(Cc2ccccc2)C(=O)C3)c1. The van der Waals surface area contributed by atoms with E-state index in [0.717, 1.165) is 36.1 Å². The number of carbonyl (C=O) groups excluding carboxylic acids is 2. The number of hydrogen-bond donors (Lipinski definition) is 0. The lowest BCUT2D eigenvalue weighted by molar-refractivity contribution is -0.155. The van der Waals surface area contributed by atoms with Crippen LogP contribution in [0.4, 0.5) is 0 Å². The van der Waals surface area contributed by atoms with Crippen LogP contribution in [0, 0.1) is 5.92 Å². The molecular weight excluding hydrogens is 326 g/mol. The second-order valence-electron chi connectivity index (χ2n) is 7.31. The summed E-state index contributed by atoms with van der Waals surface area (Å²) in [6.07, 6.45) is 3.08. The van der Waals surface area contributed by atoms with Crippen LogP contribution in [0.25, 0.3) is 0 Å². The zero-order valence-corrected chi connectivity index (χ0v) is 15.0. The number of methoxy groups -OCH3 is 1. The second-order valence-corrected chi connectivity index (χ2v) is 7.31. The topological polar surface area (TPSA) is 46.6 Å². The van der Waals surface area contributed by atoms with E-state index in [2.05, 4.69) is 0 Å². The van der Waals surface area contributed by atoms with Crippen LogP contribution in [0.3, 0.4) is 0 Å². The highest BCUT2D eigenvalue weighted by Crippen LogP contribution is 2.52. The van der Waals surface area contributed by atoms with Crippen LogP contribution in [0.15, 0.2) is 54.6 Å². The highest BCUT2D eigenvalue weighted by molar-refractivity contribution is 6.01. The third-order valence-electron chi connectivity index (χ3n) is 5.94. The first-order valence-electron chi connectivity index (χ1n) is 9.17. The van der Waals surface area contributed by atoms with Gasteiger partial charge in [-0.1, -0.05) is 48.9 Å². The van der Waals surface area contributed by atoms with Crippen molar-refractivity contribution >= 4 is 11.8 Å². The summed E-state index contributed by atoms with van der Waals surface area (Å²) in [5.74, 6) is 0.551. The average molecular weight is 349 g/mol. The van der Waals surface area contributed by atoms with Crippen molar-refractivity contribution in [2.45, 2.75) is 37.6 Å². The van der Waals surface area contributed by atoms with Gasteiger partial charge >= 0.3 is 0 Å². The van der Waals surface area contributed by atoms with Crippen molar-refractivity contribution < 1.29 is 14.3 Å². The molecule has 1 saturated carbocycles. The van der Waals surface area contributed by atoms with Crippen LogP contribution in [0.2, 0.25) is 0 Å². The number of likely N-dealkylation sites (tertiary alicyclic amines) is 1. The largest absolute Gasteiger partial charge is 0.497 e. The maximum atomic E-state index is 13.2. The second kappa shape index (κ2) is 6.60. The molecule has 1 aliphatic carbocycles. The molecule has 2 amide bonds. The monoisotopic (exact) mass is 349 g/mol. The Hall–Kier alpha value is -2.62. The Kier molecular flexibility index (Phi) is 4.27. The van der Waals surface area contributed by atoms with Gasteiger partial charge in [-0.2, -0.15) is 0 Å². The number of piperidine rings is 1. The van der Waals surface area contributed by atoms with Gasteiger partial charge in [-0.3, -0.25) is 14.5 Å². The maximum Gasteiger partial charge on any atom is 0.233 e. The van der Waals surface area contributed by atoms with Gasteiger partial charge in [-0.15, -0.1) is 0 Å². The van der Waals surface area contributed by atoms with E-state index in [0.29, 0.717) is 13.0 Å². The Bertz CT molecular complexity index is 832. The molecule has 2 aromatic rings. The average Bonchev–Trinajstić information content (AvgIpc) is 3.11. The molecule has 2 atom stereocenters. The normalized spacial score (nSPS) is 25.3. The van der Waals surface area contributed by atoms with Gasteiger partial charge in [0.05, 0.1) is 13.7 Å². The fourth-order valence-corrected chi connectivity index (χ4v) is 4.63. The molecule has 0 bridgehead atoms. The summed E-state index contributed by atoms with van der Waals surface area (Å²) in [5, 5.41) is 0. The minimum absolute atomic E-state index is 0.0228. The molecule has 0 aromatic heterocycles. The van der Waals surface area contributed by atoms with Crippen molar-refractivity contribution in [3.8, 4) is 5.75 Å². The number of rotatable bonds is 4. The molecule has 2 aliphatic rings. The Labute approximate surface area is 153 Å². The molecule has 4 nitrogen and oxygen atoms in total. The number of ether oxygens (including phenoxy) is 1. The summed E-state index contributed by atoms with van der Waals surface area (Å²) in [6, 6.07) is 17.6. The molecule has 1 heterocycles. The number of nitrogens with zero attached hydrogens (tertiary/aromatic N) is 1. The van der Waals surface area contributed by atoms with Gasteiger partial charge in [-0.05, 0) is 36.1 Å². The third kappa shape index (κ3) is 2.70. The molecule has 0 N–H and O–H groups in total. The van der Waals surface area contributed by atoms with Gasteiger partial charge in [0.2, 0.25) is 11.8 Å². The first-order valence-corrected chi connectivity index (χ1v) is 9.17. The van der Waals surface area contributed by atoms with Crippen molar-refractivity contribution in [1.82, 2.24) is 4.90 Å². The van der Waals surface area contributed by atoms with Crippen molar-refractivity contribution in [3.05, 3.63) is 65.7 Å². The van der Waals surface area contributed by atoms with Gasteiger partial charge in [0.15, 0.2) is 0 Å². The van der Waals surface area contributed by atoms with Crippen LogP contribution in [-0.4, -0.2) is 23.8 Å². The molecule has 4 rings (SSSR count). The van der Waals surface area contributed by atoms with E-state index in [1.807, 2.05) is 54.6 Å². The lowest BCUT2D eigenvalue weighted by Crippen LogP contribution is -2.53. The van der Waals surface area contributed by atoms with Crippen LogP contribution in [0.5, 0.6) is 5.75 Å². The molecule has 2 aromatic carbocycles.